The van der Waals surface area contributed by atoms with Crippen molar-refractivity contribution in [2.24, 2.45) is 0 Å². The van der Waals surface area contributed by atoms with Crippen LogP contribution in [0.3, 0.4) is 0 Å². The van der Waals surface area contributed by atoms with Gasteiger partial charge in [-0.3, -0.25) is 4.79 Å². The lowest BCUT2D eigenvalue weighted by molar-refractivity contribution is -0.130. The zero-order valence-electron chi connectivity index (χ0n) is 12.7. The van der Waals surface area contributed by atoms with E-state index in [1.54, 1.807) is 30.1 Å². The first-order chi connectivity index (χ1) is 10.7. The highest BCUT2D eigenvalue weighted by atomic mass is 19.1. The molecule has 0 aromatic heterocycles. The Balaban J connectivity index is 1.71. The lowest BCUT2D eigenvalue weighted by atomic mass is 10.1. The predicted molar refractivity (Wildman–Crippen MR) is 84.3 cm³/mol. The van der Waals surface area contributed by atoms with Crippen LogP contribution < -0.4 is 4.74 Å². The van der Waals surface area contributed by atoms with Crippen molar-refractivity contribution in [3.05, 3.63) is 66.0 Å². The van der Waals surface area contributed by atoms with Gasteiger partial charge in [0.15, 0.2) is 11.6 Å². The molecule has 0 heterocycles. The molecule has 116 valence electrons. The molecule has 2 aromatic carbocycles. The molecule has 2 aromatic rings. The van der Waals surface area contributed by atoms with Crippen LogP contribution in [-0.2, 0) is 11.2 Å². The van der Waals surface area contributed by atoms with Gasteiger partial charge in [0.2, 0.25) is 5.91 Å². The van der Waals surface area contributed by atoms with Gasteiger partial charge in [-0.2, -0.15) is 0 Å². The van der Waals surface area contributed by atoms with Crippen LogP contribution in [0.4, 0.5) is 4.39 Å². The van der Waals surface area contributed by atoms with Gasteiger partial charge in [-0.15, -0.1) is 0 Å². The van der Waals surface area contributed by atoms with Crippen molar-refractivity contribution in [3.63, 3.8) is 0 Å². The summed E-state index contributed by atoms with van der Waals surface area (Å²) >= 11 is 0. The molecular weight excluding hydrogens is 281 g/mol. The minimum absolute atomic E-state index is 0.00716. The number of likely N-dealkylation sites (N-methyl/N-ethyl adjacent to an activating group) is 1. The van der Waals surface area contributed by atoms with E-state index >= 15 is 0 Å². The first-order valence-corrected chi connectivity index (χ1v) is 7.32. The molecule has 0 radical (unpaired) electrons. The summed E-state index contributed by atoms with van der Waals surface area (Å²) in [7, 11) is 1.77. The summed E-state index contributed by atoms with van der Waals surface area (Å²) in [5, 5.41) is 0. The molecule has 0 unspecified atom stereocenters. The molecule has 0 aliphatic rings. The molecule has 0 aliphatic heterocycles. The number of hydrogen-bond acceptors (Lipinski definition) is 2. The van der Waals surface area contributed by atoms with Crippen LogP contribution in [0.15, 0.2) is 54.6 Å². The maximum atomic E-state index is 13.4. The van der Waals surface area contributed by atoms with Crippen LogP contribution >= 0.6 is 0 Å². The lowest BCUT2D eigenvalue weighted by Crippen LogP contribution is -2.29. The van der Waals surface area contributed by atoms with E-state index in [0.29, 0.717) is 6.54 Å². The Morgan fingerprint density at radius 3 is 2.50 bits per heavy atom. The maximum Gasteiger partial charge on any atom is 0.225 e. The van der Waals surface area contributed by atoms with E-state index in [1.807, 2.05) is 30.3 Å². The number of carbonyl (C=O) groups is 1. The average Bonchev–Trinajstić information content (AvgIpc) is 2.55. The normalized spacial score (nSPS) is 10.3. The van der Waals surface area contributed by atoms with Gasteiger partial charge in [0, 0.05) is 13.6 Å². The molecule has 0 aliphatic carbocycles. The second kappa shape index (κ2) is 8.17. The van der Waals surface area contributed by atoms with E-state index in [-0.39, 0.29) is 24.7 Å². The molecule has 22 heavy (non-hydrogen) atoms. The van der Waals surface area contributed by atoms with Gasteiger partial charge in [-0.05, 0) is 24.1 Å². The highest BCUT2D eigenvalue weighted by Crippen LogP contribution is 2.15. The highest BCUT2D eigenvalue weighted by Gasteiger charge is 2.09. The number of para-hydroxylation sites is 1. The van der Waals surface area contributed by atoms with Crippen LogP contribution in [0.25, 0.3) is 0 Å². The fraction of sp³-hybridized carbons (Fsp3) is 0.278. The molecule has 0 bridgehead atoms. The Bertz CT molecular complexity index is 601. The summed E-state index contributed by atoms with van der Waals surface area (Å²) in [5.74, 6) is -0.234. The smallest absolute Gasteiger partial charge is 0.225 e. The number of rotatable bonds is 7. The quantitative estimate of drug-likeness (QED) is 0.785. The van der Waals surface area contributed by atoms with Crippen molar-refractivity contribution in [3.8, 4) is 5.75 Å². The molecule has 0 spiro atoms. The third kappa shape index (κ3) is 4.88. The third-order valence-electron chi connectivity index (χ3n) is 3.41. The summed E-state index contributed by atoms with van der Waals surface area (Å²) in [6, 6.07) is 16.2. The monoisotopic (exact) mass is 301 g/mol. The average molecular weight is 301 g/mol. The molecule has 1 amide bonds. The van der Waals surface area contributed by atoms with E-state index in [9.17, 15) is 9.18 Å². The van der Waals surface area contributed by atoms with Gasteiger partial charge >= 0.3 is 0 Å². The molecule has 3 nitrogen and oxygen atoms in total. The molecular formula is C18H20FNO2. The van der Waals surface area contributed by atoms with E-state index in [0.717, 1.165) is 6.42 Å². The van der Waals surface area contributed by atoms with E-state index in [4.69, 9.17) is 4.74 Å². The Hall–Kier alpha value is -2.36. The van der Waals surface area contributed by atoms with E-state index in [2.05, 4.69) is 0 Å². The van der Waals surface area contributed by atoms with Crippen molar-refractivity contribution in [2.75, 3.05) is 20.2 Å². The van der Waals surface area contributed by atoms with Gasteiger partial charge in [0.1, 0.15) is 0 Å². The van der Waals surface area contributed by atoms with E-state index in [1.165, 1.54) is 11.6 Å². The minimum Gasteiger partial charge on any atom is -0.490 e. The molecule has 0 saturated carbocycles. The fourth-order valence-corrected chi connectivity index (χ4v) is 2.07. The molecule has 0 N–H and O–H groups in total. The number of halogens is 1. The van der Waals surface area contributed by atoms with E-state index < -0.39 is 5.82 Å². The molecule has 4 heteroatoms. The maximum absolute atomic E-state index is 13.4. The first-order valence-electron chi connectivity index (χ1n) is 7.32. The second-order valence-electron chi connectivity index (χ2n) is 5.08. The van der Waals surface area contributed by atoms with Gasteiger partial charge in [0.25, 0.3) is 0 Å². The lowest BCUT2D eigenvalue weighted by Gasteiger charge is -2.17. The number of ether oxygens (including phenoxy) is 1. The number of carbonyl (C=O) groups excluding carboxylic acids is 1. The fourth-order valence-electron chi connectivity index (χ4n) is 2.07. The summed E-state index contributed by atoms with van der Waals surface area (Å²) in [4.78, 5) is 13.7. The summed E-state index contributed by atoms with van der Waals surface area (Å²) in [5.41, 5.74) is 1.20. The Kier molecular flexibility index (Phi) is 5.95. The van der Waals surface area contributed by atoms with Crippen LogP contribution in [0.2, 0.25) is 0 Å². The van der Waals surface area contributed by atoms with Crippen LogP contribution in [0, 0.1) is 5.82 Å². The van der Waals surface area contributed by atoms with Gasteiger partial charge < -0.3 is 9.64 Å². The highest BCUT2D eigenvalue weighted by molar-refractivity contribution is 5.76. The van der Waals surface area contributed by atoms with Crippen molar-refractivity contribution in [2.45, 2.75) is 12.8 Å². The van der Waals surface area contributed by atoms with Crippen molar-refractivity contribution in [1.82, 2.24) is 4.90 Å². The molecule has 0 saturated heterocycles. The second-order valence-corrected chi connectivity index (χ2v) is 5.08. The zero-order chi connectivity index (χ0) is 15.8. The van der Waals surface area contributed by atoms with Gasteiger partial charge in [-0.25, -0.2) is 4.39 Å². The number of hydrogen-bond donors (Lipinski definition) is 0. The topological polar surface area (TPSA) is 29.5 Å². The predicted octanol–water partition coefficient (Wildman–Crippen LogP) is 3.30. The number of amides is 1. The van der Waals surface area contributed by atoms with Crippen molar-refractivity contribution in [1.29, 1.82) is 0 Å². The summed E-state index contributed by atoms with van der Waals surface area (Å²) in [6.07, 6.45) is 1.05. The number of nitrogens with zero attached hydrogens (tertiary/aromatic N) is 1. The largest absolute Gasteiger partial charge is 0.490 e. The third-order valence-corrected chi connectivity index (χ3v) is 3.41. The van der Waals surface area contributed by atoms with Crippen molar-refractivity contribution < 1.29 is 13.9 Å². The first kappa shape index (κ1) is 16.0. The summed E-state index contributed by atoms with van der Waals surface area (Å²) < 4.78 is 18.7. The minimum atomic E-state index is -0.410. The SMILES string of the molecule is CN(CCc1ccccc1)C(=O)CCOc1ccccc1F. The Labute approximate surface area is 130 Å². The Morgan fingerprint density at radius 2 is 1.77 bits per heavy atom. The summed E-state index contributed by atoms with van der Waals surface area (Å²) in [6.45, 7) is 0.831. The van der Waals surface area contributed by atoms with Gasteiger partial charge in [0.05, 0.1) is 13.0 Å². The Morgan fingerprint density at radius 1 is 1.09 bits per heavy atom. The van der Waals surface area contributed by atoms with Crippen molar-refractivity contribution >= 4 is 5.91 Å². The zero-order valence-corrected chi connectivity index (χ0v) is 12.7. The van der Waals surface area contributed by atoms with Crippen LogP contribution in [0.1, 0.15) is 12.0 Å². The molecule has 0 fully saturated rings. The standard InChI is InChI=1S/C18H20FNO2/c1-20(13-11-15-7-3-2-4-8-15)18(21)12-14-22-17-10-6-5-9-16(17)19/h2-10H,11-14H2,1H3. The number of benzene rings is 2. The van der Waals surface area contributed by atoms with Gasteiger partial charge in [-0.1, -0.05) is 42.5 Å². The molecule has 0 atom stereocenters. The molecule has 2 rings (SSSR count). The van der Waals surface area contributed by atoms with Crippen LogP contribution in [-0.4, -0.2) is 31.0 Å². The van der Waals surface area contributed by atoms with Crippen LogP contribution in [0.5, 0.6) is 5.75 Å².